The van der Waals surface area contributed by atoms with E-state index in [0.29, 0.717) is 0 Å². The molecule has 2 nitrogen and oxygen atoms in total. The van der Waals surface area contributed by atoms with Crippen molar-refractivity contribution >= 4 is 10.9 Å². The minimum atomic E-state index is 0.207. The average molecular weight is 214 g/mol. The molecular formula is C14H18N2. The van der Waals surface area contributed by atoms with Gasteiger partial charge in [-0.15, -0.1) is 0 Å². The topological polar surface area (TPSA) is 30.9 Å². The zero-order valence-electron chi connectivity index (χ0n) is 9.69. The molecule has 1 atom stereocenters. The maximum absolute atomic E-state index is 6.30. The summed E-state index contributed by atoms with van der Waals surface area (Å²) in [6.45, 7) is 0. The van der Waals surface area contributed by atoms with Gasteiger partial charge in [0.15, 0.2) is 0 Å². The predicted molar refractivity (Wildman–Crippen MR) is 67.2 cm³/mol. The Hall–Kier alpha value is -1.28. The van der Waals surface area contributed by atoms with E-state index in [1.54, 1.807) is 0 Å². The molecule has 3 rings (SSSR count). The number of aryl methyl sites for hydroxylation is 1. The van der Waals surface area contributed by atoms with Crippen molar-refractivity contribution in [2.75, 3.05) is 0 Å². The van der Waals surface area contributed by atoms with Gasteiger partial charge >= 0.3 is 0 Å². The molecule has 16 heavy (non-hydrogen) atoms. The molecule has 1 saturated carbocycles. The molecule has 0 saturated heterocycles. The van der Waals surface area contributed by atoms with Gasteiger partial charge in [-0.05, 0) is 24.0 Å². The van der Waals surface area contributed by atoms with E-state index in [1.807, 2.05) is 0 Å². The molecule has 1 aromatic carbocycles. The predicted octanol–water partition coefficient (Wildman–Crippen LogP) is 2.98. The lowest BCUT2D eigenvalue weighted by molar-refractivity contribution is 0.599. The standard InChI is InChI=1S/C14H18N2/c1-16-9-12(13(15)8-10-6-7-10)11-4-2-3-5-14(11)16/h2-5,9-10,13H,6-8,15H2,1H3/t13-/m1/s1. The number of rotatable bonds is 3. The Labute approximate surface area is 96.1 Å². The lowest BCUT2D eigenvalue weighted by Crippen LogP contribution is -2.10. The molecule has 1 fully saturated rings. The highest BCUT2D eigenvalue weighted by atomic mass is 14.9. The van der Waals surface area contributed by atoms with Gasteiger partial charge in [-0.25, -0.2) is 0 Å². The fourth-order valence-electron chi connectivity index (χ4n) is 2.51. The first-order valence-corrected chi connectivity index (χ1v) is 6.05. The number of fused-ring (bicyclic) bond motifs is 1. The summed E-state index contributed by atoms with van der Waals surface area (Å²) < 4.78 is 2.18. The highest BCUT2D eigenvalue weighted by Crippen LogP contribution is 2.38. The van der Waals surface area contributed by atoms with Crippen molar-refractivity contribution in [1.82, 2.24) is 4.57 Å². The van der Waals surface area contributed by atoms with Crippen LogP contribution in [-0.4, -0.2) is 4.57 Å². The first-order valence-electron chi connectivity index (χ1n) is 6.05. The van der Waals surface area contributed by atoms with Crippen molar-refractivity contribution in [3.05, 3.63) is 36.0 Å². The number of hydrogen-bond acceptors (Lipinski definition) is 1. The number of hydrogen-bond donors (Lipinski definition) is 1. The number of nitrogens with two attached hydrogens (primary N) is 1. The molecule has 1 aliphatic carbocycles. The van der Waals surface area contributed by atoms with Crippen molar-refractivity contribution in [2.45, 2.75) is 25.3 Å². The Morgan fingerprint density at radius 1 is 1.38 bits per heavy atom. The van der Waals surface area contributed by atoms with E-state index in [4.69, 9.17) is 5.73 Å². The van der Waals surface area contributed by atoms with Crippen LogP contribution in [0.5, 0.6) is 0 Å². The van der Waals surface area contributed by atoms with Crippen molar-refractivity contribution in [3.8, 4) is 0 Å². The number of para-hydroxylation sites is 1. The maximum atomic E-state index is 6.30. The van der Waals surface area contributed by atoms with Crippen molar-refractivity contribution in [1.29, 1.82) is 0 Å². The summed E-state index contributed by atoms with van der Waals surface area (Å²) >= 11 is 0. The zero-order chi connectivity index (χ0) is 11.1. The Morgan fingerprint density at radius 3 is 2.88 bits per heavy atom. The monoisotopic (exact) mass is 214 g/mol. The van der Waals surface area contributed by atoms with Crippen LogP contribution in [0.2, 0.25) is 0 Å². The van der Waals surface area contributed by atoms with Gasteiger partial charge in [0.05, 0.1) is 0 Å². The highest BCUT2D eigenvalue weighted by molar-refractivity contribution is 5.84. The van der Waals surface area contributed by atoms with Gasteiger partial charge in [0.1, 0.15) is 0 Å². The second-order valence-corrected chi connectivity index (χ2v) is 5.00. The maximum Gasteiger partial charge on any atom is 0.0481 e. The molecule has 84 valence electrons. The first-order chi connectivity index (χ1) is 7.75. The fourth-order valence-corrected chi connectivity index (χ4v) is 2.51. The van der Waals surface area contributed by atoms with Crippen molar-refractivity contribution in [2.24, 2.45) is 18.7 Å². The fraction of sp³-hybridized carbons (Fsp3) is 0.429. The Kier molecular flexibility index (Phi) is 2.25. The third kappa shape index (κ3) is 1.63. The second-order valence-electron chi connectivity index (χ2n) is 5.00. The smallest absolute Gasteiger partial charge is 0.0481 e. The van der Waals surface area contributed by atoms with Gasteiger partial charge in [0.2, 0.25) is 0 Å². The van der Waals surface area contributed by atoms with Gasteiger partial charge < -0.3 is 10.3 Å². The first kappa shape index (κ1) is 9.91. The summed E-state index contributed by atoms with van der Waals surface area (Å²) in [6, 6.07) is 8.72. The van der Waals surface area contributed by atoms with Crippen LogP contribution in [0.25, 0.3) is 10.9 Å². The number of nitrogens with zero attached hydrogens (tertiary/aromatic N) is 1. The summed E-state index contributed by atoms with van der Waals surface area (Å²) in [7, 11) is 2.09. The van der Waals surface area contributed by atoms with Crippen LogP contribution in [0.3, 0.4) is 0 Å². The lowest BCUT2D eigenvalue weighted by atomic mass is 10.0. The second kappa shape index (κ2) is 3.63. The van der Waals surface area contributed by atoms with Crippen LogP contribution in [0.1, 0.15) is 30.9 Å². The van der Waals surface area contributed by atoms with Crippen LogP contribution in [0.15, 0.2) is 30.5 Å². The van der Waals surface area contributed by atoms with E-state index < -0.39 is 0 Å². The third-order valence-corrected chi connectivity index (χ3v) is 3.61. The highest BCUT2D eigenvalue weighted by Gasteiger charge is 2.25. The Morgan fingerprint density at radius 2 is 2.12 bits per heavy atom. The van der Waals surface area contributed by atoms with E-state index in [9.17, 15) is 0 Å². The normalized spacial score (nSPS) is 17.9. The molecule has 1 heterocycles. The van der Waals surface area contributed by atoms with E-state index >= 15 is 0 Å². The molecule has 2 N–H and O–H groups in total. The molecule has 0 unspecified atom stereocenters. The van der Waals surface area contributed by atoms with Crippen LogP contribution in [0, 0.1) is 5.92 Å². The van der Waals surface area contributed by atoms with Crippen molar-refractivity contribution < 1.29 is 0 Å². The Balaban J connectivity index is 2.01. The quantitative estimate of drug-likeness (QED) is 0.836. The molecule has 2 aromatic rings. The van der Waals surface area contributed by atoms with Gasteiger partial charge in [-0.3, -0.25) is 0 Å². The minimum Gasteiger partial charge on any atom is -0.350 e. The van der Waals surface area contributed by atoms with E-state index in [1.165, 1.54) is 29.3 Å². The molecule has 1 aromatic heterocycles. The molecule has 0 bridgehead atoms. The van der Waals surface area contributed by atoms with Gasteiger partial charge in [-0.2, -0.15) is 0 Å². The van der Waals surface area contributed by atoms with E-state index in [2.05, 4.69) is 42.1 Å². The zero-order valence-corrected chi connectivity index (χ0v) is 9.69. The largest absolute Gasteiger partial charge is 0.350 e. The molecule has 1 aliphatic rings. The molecule has 0 amide bonds. The minimum absolute atomic E-state index is 0.207. The molecule has 2 heteroatoms. The molecular weight excluding hydrogens is 196 g/mol. The van der Waals surface area contributed by atoms with Crippen molar-refractivity contribution in [3.63, 3.8) is 0 Å². The summed E-state index contributed by atoms with van der Waals surface area (Å²) in [5, 5.41) is 1.32. The molecule has 0 aliphatic heterocycles. The average Bonchev–Trinajstić information content (AvgIpc) is 3.03. The SMILES string of the molecule is Cn1cc([C@H](N)CC2CC2)c2ccccc21. The summed E-state index contributed by atoms with van der Waals surface area (Å²) in [6.07, 6.45) is 6.09. The van der Waals surface area contributed by atoms with E-state index in [0.717, 1.165) is 12.3 Å². The van der Waals surface area contributed by atoms with Crippen LogP contribution in [0.4, 0.5) is 0 Å². The van der Waals surface area contributed by atoms with Gasteiger partial charge in [-0.1, -0.05) is 31.0 Å². The summed E-state index contributed by atoms with van der Waals surface area (Å²) in [5.41, 5.74) is 8.89. The number of aromatic nitrogens is 1. The summed E-state index contributed by atoms with van der Waals surface area (Å²) in [4.78, 5) is 0. The van der Waals surface area contributed by atoms with Gasteiger partial charge in [0, 0.05) is 30.2 Å². The molecule has 0 radical (unpaired) electrons. The van der Waals surface area contributed by atoms with Crippen LogP contribution >= 0.6 is 0 Å². The third-order valence-electron chi connectivity index (χ3n) is 3.61. The number of benzene rings is 1. The Bertz CT molecular complexity index is 508. The lowest BCUT2D eigenvalue weighted by Gasteiger charge is -2.09. The summed E-state index contributed by atoms with van der Waals surface area (Å²) in [5.74, 6) is 0.883. The van der Waals surface area contributed by atoms with Crippen LogP contribution in [-0.2, 0) is 7.05 Å². The molecule has 0 spiro atoms. The van der Waals surface area contributed by atoms with Crippen LogP contribution < -0.4 is 5.73 Å². The van der Waals surface area contributed by atoms with Gasteiger partial charge in [0.25, 0.3) is 0 Å². The van der Waals surface area contributed by atoms with E-state index in [-0.39, 0.29) is 6.04 Å².